The van der Waals surface area contributed by atoms with Crippen molar-refractivity contribution in [2.45, 2.75) is 23.5 Å². The van der Waals surface area contributed by atoms with Crippen molar-refractivity contribution >= 4 is 15.9 Å². The number of hydrogen-bond donors (Lipinski definition) is 2. The van der Waals surface area contributed by atoms with Crippen molar-refractivity contribution < 1.29 is 26.4 Å². The number of rotatable bonds is 3. The Balaban J connectivity index is 2.65. The molecule has 1 aliphatic heterocycles. The monoisotopic (exact) mass is 345 g/mol. The van der Waals surface area contributed by atoms with Gasteiger partial charge in [0.1, 0.15) is 0 Å². The Morgan fingerprint density at radius 3 is 2.30 bits per heavy atom. The van der Waals surface area contributed by atoms with Crippen LogP contribution in [-0.4, -0.2) is 26.0 Å². The van der Waals surface area contributed by atoms with Gasteiger partial charge in [0.05, 0.1) is 16.5 Å². The molecular formula is C13H10F3N3O3S. The molecule has 1 aromatic rings. The highest BCUT2D eigenvalue weighted by Crippen LogP contribution is 2.41. The summed E-state index contributed by atoms with van der Waals surface area (Å²) in [5.41, 5.74) is -5.04. The SMILES string of the molecule is CC1=C(C#N)C(NS(=O)(=O)c2ccccc2)(C(F)(F)F)C(=O)N1. The van der Waals surface area contributed by atoms with Crippen LogP contribution in [0.1, 0.15) is 6.92 Å². The maximum atomic E-state index is 13.5. The molecule has 23 heavy (non-hydrogen) atoms. The summed E-state index contributed by atoms with van der Waals surface area (Å²) in [6, 6.07) is 7.52. The molecule has 122 valence electrons. The van der Waals surface area contributed by atoms with Gasteiger partial charge in [0, 0.05) is 5.70 Å². The molecule has 0 saturated heterocycles. The van der Waals surface area contributed by atoms with Crippen LogP contribution >= 0.6 is 0 Å². The summed E-state index contributed by atoms with van der Waals surface area (Å²) in [6.45, 7) is 1.08. The third-order valence-electron chi connectivity index (χ3n) is 3.27. The molecule has 0 radical (unpaired) electrons. The van der Waals surface area contributed by atoms with E-state index in [9.17, 15) is 26.4 Å². The minimum Gasteiger partial charge on any atom is -0.327 e. The Morgan fingerprint density at radius 2 is 1.83 bits per heavy atom. The molecule has 0 saturated carbocycles. The number of benzene rings is 1. The number of hydrogen-bond acceptors (Lipinski definition) is 4. The first-order chi connectivity index (χ1) is 10.6. The zero-order valence-electron chi connectivity index (χ0n) is 11.6. The first-order valence-corrected chi connectivity index (χ1v) is 7.63. The van der Waals surface area contributed by atoms with Crippen LogP contribution in [0.5, 0.6) is 0 Å². The van der Waals surface area contributed by atoms with E-state index < -0.39 is 38.1 Å². The molecule has 0 aromatic heterocycles. The fourth-order valence-electron chi connectivity index (χ4n) is 2.17. The molecule has 1 heterocycles. The largest absolute Gasteiger partial charge is 0.421 e. The Kier molecular flexibility index (Phi) is 3.96. The highest BCUT2D eigenvalue weighted by Gasteiger charge is 2.68. The normalized spacial score (nSPS) is 22.0. The molecule has 1 amide bonds. The molecule has 6 nitrogen and oxygen atoms in total. The molecule has 1 atom stereocenters. The standard InChI is InChI=1S/C13H10F3N3O3S/c1-8-10(7-17)12(11(20)18-8,13(14,15)16)19-23(21,22)9-5-3-2-4-6-9/h2-6,19H,1H3,(H,18,20). The summed E-state index contributed by atoms with van der Waals surface area (Å²) in [4.78, 5) is 11.4. The van der Waals surface area contributed by atoms with Gasteiger partial charge >= 0.3 is 6.18 Å². The van der Waals surface area contributed by atoms with Crippen LogP contribution in [0.3, 0.4) is 0 Å². The van der Waals surface area contributed by atoms with Crippen molar-refractivity contribution in [2.24, 2.45) is 0 Å². The van der Waals surface area contributed by atoms with E-state index in [4.69, 9.17) is 5.26 Å². The van der Waals surface area contributed by atoms with Crippen LogP contribution in [0.4, 0.5) is 13.2 Å². The number of allylic oxidation sites excluding steroid dienone is 1. The number of carbonyl (C=O) groups excluding carboxylic acids is 1. The highest BCUT2D eigenvalue weighted by molar-refractivity contribution is 7.89. The minimum absolute atomic E-state index is 0.356. The van der Waals surface area contributed by atoms with Crippen molar-refractivity contribution in [3.05, 3.63) is 41.6 Å². The first-order valence-electron chi connectivity index (χ1n) is 6.15. The lowest BCUT2D eigenvalue weighted by atomic mass is 9.92. The Morgan fingerprint density at radius 1 is 1.26 bits per heavy atom. The van der Waals surface area contributed by atoms with Crippen molar-refractivity contribution in [1.82, 2.24) is 10.0 Å². The second-order valence-corrected chi connectivity index (χ2v) is 6.41. The summed E-state index contributed by atoms with van der Waals surface area (Å²) >= 11 is 0. The van der Waals surface area contributed by atoms with Gasteiger partial charge in [0.2, 0.25) is 15.6 Å². The van der Waals surface area contributed by atoms with Gasteiger partial charge in [-0.15, -0.1) is 0 Å². The van der Waals surface area contributed by atoms with Gasteiger partial charge in [-0.3, -0.25) is 4.79 Å². The summed E-state index contributed by atoms with van der Waals surface area (Å²) in [7, 11) is -4.70. The van der Waals surface area contributed by atoms with Gasteiger partial charge in [-0.25, -0.2) is 8.42 Å². The van der Waals surface area contributed by atoms with E-state index in [1.54, 1.807) is 0 Å². The first kappa shape index (κ1) is 17.0. The van der Waals surface area contributed by atoms with Crippen molar-refractivity contribution in [3.8, 4) is 6.07 Å². The van der Waals surface area contributed by atoms with E-state index in [1.165, 1.54) is 29.0 Å². The average Bonchev–Trinajstić information content (AvgIpc) is 2.70. The molecule has 0 bridgehead atoms. The summed E-state index contributed by atoms with van der Waals surface area (Å²) in [5, 5.41) is 10.8. The van der Waals surface area contributed by atoms with Crippen molar-refractivity contribution in [3.63, 3.8) is 0 Å². The maximum absolute atomic E-state index is 13.5. The van der Waals surface area contributed by atoms with E-state index in [1.807, 2.05) is 5.32 Å². The fraction of sp³-hybridized carbons (Fsp3) is 0.231. The molecule has 10 heteroatoms. The molecule has 0 fully saturated rings. The lowest BCUT2D eigenvalue weighted by Gasteiger charge is -2.30. The topological polar surface area (TPSA) is 99.1 Å². The molecule has 2 rings (SSSR count). The second kappa shape index (κ2) is 5.36. The number of sulfonamides is 1. The lowest BCUT2D eigenvalue weighted by Crippen LogP contribution is -2.64. The Bertz CT molecular complexity index is 826. The zero-order valence-corrected chi connectivity index (χ0v) is 12.4. The molecule has 1 unspecified atom stereocenters. The summed E-state index contributed by atoms with van der Waals surface area (Å²) in [5.74, 6) is -1.67. The van der Waals surface area contributed by atoms with Crippen LogP contribution in [0.15, 0.2) is 46.5 Å². The van der Waals surface area contributed by atoms with E-state index in [0.717, 1.165) is 19.1 Å². The summed E-state index contributed by atoms with van der Waals surface area (Å²) < 4.78 is 66.5. The number of carbonyl (C=O) groups is 1. The third kappa shape index (κ3) is 2.58. The summed E-state index contributed by atoms with van der Waals surface area (Å²) in [6.07, 6.45) is -5.35. The van der Waals surface area contributed by atoms with Gasteiger partial charge in [0.25, 0.3) is 5.91 Å². The van der Waals surface area contributed by atoms with E-state index in [2.05, 4.69) is 0 Å². The third-order valence-corrected chi connectivity index (χ3v) is 4.74. The van der Waals surface area contributed by atoms with Crippen LogP contribution < -0.4 is 10.0 Å². The highest BCUT2D eigenvalue weighted by atomic mass is 32.2. The zero-order chi connectivity index (χ0) is 17.5. The van der Waals surface area contributed by atoms with Crippen molar-refractivity contribution in [2.75, 3.05) is 0 Å². The smallest absolute Gasteiger partial charge is 0.327 e. The van der Waals surface area contributed by atoms with Crippen LogP contribution in [-0.2, 0) is 14.8 Å². The molecule has 0 aliphatic carbocycles. The molecule has 1 aliphatic rings. The number of halogens is 3. The molecule has 1 aromatic carbocycles. The van der Waals surface area contributed by atoms with E-state index >= 15 is 0 Å². The lowest BCUT2D eigenvalue weighted by molar-refractivity contribution is -0.183. The van der Waals surface area contributed by atoms with Crippen LogP contribution in [0, 0.1) is 11.3 Å². The molecular weight excluding hydrogens is 335 g/mol. The number of amides is 1. The average molecular weight is 345 g/mol. The molecule has 2 N–H and O–H groups in total. The Hall–Kier alpha value is -2.38. The van der Waals surface area contributed by atoms with Crippen LogP contribution in [0.2, 0.25) is 0 Å². The van der Waals surface area contributed by atoms with Gasteiger partial charge in [-0.2, -0.15) is 23.2 Å². The number of nitriles is 1. The molecule has 0 spiro atoms. The maximum Gasteiger partial charge on any atom is 0.421 e. The van der Waals surface area contributed by atoms with Gasteiger partial charge < -0.3 is 5.32 Å². The predicted molar refractivity (Wildman–Crippen MR) is 72.0 cm³/mol. The quantitative estimate of drug-likeness (QED) is 0.860. The number of alkyl halides is 3. The van der Waals surface area contributed by atoms with E-state index in [-0.39, 0.29) is 5.70 Å². The van der Waals surface area contributed by atoms with Gasteiger partial charge in [0.15, 0.2) is 0 Å². The second-order valence-electron chi connectivity index (χ2n) is 4.73. The number of nitrogens with zero attached hydrogens (tertiary/aromatic N) is 1. The Labute approximate surface area is 129 Å². The predicted octanol–water partition coefficient (Wildman–Crippen LogP) is 1.19. The van der Waals surface area contributed by atoms with Gasteiger partial charge in [-0.05, 0) is 19.1 Å². The van der Waals surface area contributed by atoms with Crippen LogP contribution in [0.25, 0.3) is 0 Å². The fourth-order valence-corrected chi connectivity index (χ4v) is 3.52. The number of nitrogens with one attached hydrogen (secondary N) is 2. The minimum atomic E-state index is -5.35. The van der Waals surface area contributed by atoms with E-state index in [0.29, 0.717) is 0 Å². The van der Waals surface area contributed by atoms with Gasteiger partial charge in [-0.1, -0.05) is 18.2 Å². The van der Waals surface area contributed by atoms with Crippen molar-refractivity contribution in [1.29, 1.82) is 5.26 Å².